The summed E-state index contributed by atoms with van der Waals surface area (Å²) in [6, 6.07) is 2.97. The number of aryl methyl sites for hydroxylation is 1. The lowest BCUT2D eigenvalue weighted by molar-refractivity contribution is 0.152. The van der Waals surface area contributed by atoms with Crippen molar-refractivity contribution < 1.29 is 10.2 Å². The van der Waals surface area contributed by atoms with Gasteiger partial charge in [0.05, 0.1) is 10.6 Å². The van der Waals surface area contributed by atoms with Crippen LogP contribution in [0.3, 0.4) is 0 Å². The van der Waals surface area contributed by atoms with E-state index in [1.165, 1.54) is 0 Å². The molecule has 3 nitrogen and oxygen atoms in total. The van der Waals surface area contributed by atoms with Crippen molar-refractivity contribution in [1.29, 1.82) is 0 Å². The van der Waals surface area contributed by atoms with E-state index in [1.54, 1.807) is 19.1 Å². The molecule has 4 heteroatoms. The maximum absolute atomic E-state index is 9.77. The van der Waals surface area contributed by atoms with Gasteiger partial charge in [0, 0.05) is 6.04 Å². The Morgan fingerprint density at radius 1 is 1.43 bits per heavy atom. The average molecular weight is 260 g/mol. The molecule has 0 aliphatic heterocycles. The molecule has 1 aromatic rings. The van der Waals surface area contributed by atoms with Gasteiger partial charge in [-0.2, -0.15) is 0 Å². The molecule has 14 heavy (non-hydrogen) atoms. The zero-order chi connectivity index (χ0) is 10.9. The van der Waals surface area contributed by atoms with Crippen LogP contribution in [0.1, 0.15) is 24.2 Å². The topological polar surface area (TPSA) is 66.5 Å². The molecule has 0 saturated carbocycles. The van der Waals surface area contributed by atoms with E-state index in [0.717, 1.165) is 11.1 Å². The Bertz CT molecular complexity index is 339. The molecule has 2 atom stereocenters. The van der Waals surface area contributed by atoms with Gasteiger partial charge in [0.15, 0.2) is 0 Å². The lowest BCUT2D eigenvalue weighted by Gasteiger charge is -2.17. The van der Waals surface area contributed by atoms with Crippen molar-refractivity contribution in [2.75, 3.05) is 0 Å². The van der Waals surface area contributed by atoms with E-state index >= 15 is 0 Å². The van der Waals surface area contributed by atoms with E-state index in [1.807, 2.05) is 6.92 Å². The maximum atomic E-state index is 9.77. The van der Waals surface area contributed by atoms with Crippen LogP contribution in [-0.2, 0) is 0 Å². The SMILES string of the molecule is Cc1cc(O)c(Br)cc1C(O)C(C)N. The van der Waals surface area contributed by atoms with Crippen LogP contribution in [0.4, 0.5) is 0 Å². The first-order valence-electron chi connectivity index (χ1n) is 4.36. The molecular formula is C10H14BrNO2. The fourth-order valence-electron chi connectivity index (χ4n) is 1.28. The van der Waals surface area contributed by atoms with Gasteiger partial charge in [-0.25, -0.2) is 0 Å². The van der Waals surface area contributed by atoms with Crippen LogP contribution < -0.4 is 5.73 Å². The van der Waals surface area contributed by atoms with Crippen molar-refractivity contribution in [1.82, 2.24) is 0 Å². The van der Waals surface area contributed by atoms with Crippen LogP contribution in [0.5, 0.6) is 5.75 Å². The normalized spacial score (nSPS) is 15.2. The zero-order valence-corrected chi connectivity index (χ0v) is 9.75. The summed E-state index contributed by atoms with van der Waals surface area (Å²) in [5.41, 5.74) is 7.17. The monoisotopic (exact) mass is 259 g/mol. The Balaban J connectivity index is 3.15. The highest BCUT2D eigenvalue weighted by Gasteiger charge is 2.16. The summed E-state index contributed by atoms with van der Waals surface area (Å²) in [6.07, 6.45) is -0.702. The summed E-state index contributed by atoms with van der Waals surface area (Å²) in [5, 5.41) is 19.2. The second-order valence-electron chi connectivity index (χ2n) is 3.46. The van der Waals surface area contributed by atoms with Crippen LogP contribution in [0.15, 0.2) is 16.6 Å². The van der Waals surface area contributed by atoms with Crippen LogP contribution >= 0.6 is 15.9 Å². The summed E-state index contributed by atoms with van der Waals surface area (Å²) < 4.78 is 0.567. The lowest BCUT2D eigenvalue weighted by atomic mass is 9.99. The smallest absolute Gasteiger partial charge is 0.130 e. The molecule has 0 bridgehead atoms. The molecule has 0 spiro atoms. The fourth-order valence-corrected chi connectivity index (χ4v) is 1.64. The number of nitrogens with two attached hydrogens (primary N) is 1. The first-order valence-corrected chi connectivity index (χ1v) is 5.15. The highest BCUT2D eigenvalue weighted by molar-refractivity contribution is 9.10. The number of rotatable bonds is 2. The van der Waals surface area contributed by atoms with E-state index < -0.39 is 6.10 Å². The molecule has 0 aromatic heterocycles. The van der Waals surface area contributed by atoms with Gasteiger partial charge >= 0.3 is 0 Å². The molecule has 2 unspecified atom stereocenters. The number of aliphatic hydroxyl groups excluding tert-OH is 1. The van der Waals surface area contributed by atoms with Crippen molar-refractivity contribution in [2.45, 2.75) is 26.0 Å². The van der Waals surface area contributed by atoms with Gasteiger partial charge in [0.1, 0.15) is 5.75 Å². The van der Waals surface area contributed by atoms with Gasteiger partial charge < -0.3 is 15.9 Å². The van der Waals surface area contributed by atoms with E-state index in [9.17, 15) is 10.2 Å². The molecular weight excluding hydrogens is 246 g/mol. The summed E-state index contributed by atoms with van der Waals surface area (Å²) in [5.74, 6) is 0.170. The standard InChI is InChI=1S/C10H14BrNO2/c1-5-3-9(13)8(11)4-7(5)10(14)6(2)12/h3-4,6,10,13-14H,12H2,1-2H3. The molecule has 0 heterocycles. The molecule has 0 aliphatic carbocycles. The Kier molecular flexibility index (Phi) is 3.53. The van der Waals surface area contributed by atoms with Gasteiger partial charge in [-0.15, -0.1) is 0 Å². The molecule has 4 N–H and O–H groups in total. The van der Waals surface area contributed by atoms with Gasteiger partial charge in [-0.1, -0.05) is 0 Å². The first-order chi connectivity index (χ1) is 6.43. The predicted octanol–water partition coefficient (Wildman–Crippen LogP) is 1.84. The lowest BCUT2D eigenvalue weighted by Crippen LogP contribution is -2.24. The van der Waals surface area contributed by atoms with E-state index in [2.05, 4.69) is 15.9 Å². The van der Waals surface area contributed by atoms with Crippen molar-refractivity contribution >= 4 is 15.9 Å². The molecule has 78 valence electrons. The average Bonchev–Trinajstić information content (AvgIpc) is 2.10. The highest BCUT2D eigenvalue weighted by atomic mass is 79.9. The number of halogens is 1. The van der Waals surface area contributed by atoms with Crippen molar-refractivity contribution in [2.24, 2.45) is 5.73 Å². The predicted molar refractivity (Wildman–Crippen MR) is 59.2 cm³/mol. The summed E-state index contributed by atoms with van der Waals surface area (Å²) in [4.78, 5) is 0. The maximum Gasteiger partial charge on any atom is 0.130 e. The third kappa shape index (κ3) is 2.26. The van der Waals surface area contributed by atoms with E-state index in [-0.39, 0.29) is 11.8 Å². The summed E-state index contributed by atoms with van der Waals surface area (Å²) >= 11 is 3.20. The van der Waals surface area contributed by atoms with Crippen LogP contribution in [-0.4, -0.2) is 16.3 Å². The second-order valence-corrected chi connectivity index (χ2v) is 4.32. The van der Waals surface area contributed by atoms with Gasteiger partial charge in [0.25, 0.3) is 0 Å². The minimum absolute atomic E-state index is 0.170. The first kappa shape index (κ1) is 11.5. The van der Waals surface area contributed by atoms with Crippen LogP contribution in [0.25, 0.3) is 0 Å². The number of aliphatic hydroxyl groups is 1. The molecule has 1 rings (SSSR count). The zero-order valence-electron chi connectivity index (χ0n) is 8.16. The third-order valence-corrected chi connectivity index (χ3v) is 2.79. The number of phenolic OH excluding ortho intramolecular Hbond substituents is 1. The highest BCUT2D eigenvalue weighted by Crippen LogP contribution is 2.30. The second kappa shape index (κ2) is 4.29. The van der Waals surface area contributed by atoms with Crippen molar-refractivity contribution in [3.05, 3.63) is 27.7 Å². The Morgan fingerprint density at radius 3 is 2.50 bits per heavy atom. The van der Waals surface area contributed by atoms with E-state index in [0.29, 0.717) is 4.47 Å². The van der Waals surface area contributed by atoms with Gasteiger partial charge in [-0.3, -0.25) is 0 Å². The fraction of sp³-hybridized carbons (Fsp3) is 0.400. The molecule has 0 radical (unpaired) electrons. The van der Waals surface area contributed by atoms with Gasteiger partial charge in [-0.05, 0) is 53.0 Å². The number of aromatic hydroxyl groups is 1. The number of benzene rings is 1. The van der Waals surface area contributed by atoms with E-state index in [4.69, 9.17) is 5.73 Å². The van der Waals surface area contributed by atoms with Crippen LogP contribution in [0, 0.1) is 6.92 Å². The minimum atomic E-state index is -0.702. The quantitative estimate of drug-likeness (QED) is 0.760. The number of hydrogen-bond acceptors (Lipinski definition) is 3. The third-order valence-electron chi connectivity index (χ3n) is 2.15. The Morgan fingerprint density at radius 2 is 2.00 bits per heavy atom. The Labute approximate surface area is 91.7 Å². The molecule has 0 fully saturated rings. The molecule has 0 amide bonds. The minimum Gasteiger partial charge on any atom is -0.507 e. The van der Waals surface area contributed by atoms with Crippen molar-refractivity contribution in [3.63, 3.8) is 0 Å². The molecule has 0 saturated heterocycles. The van der Waals surface area contributed by atoms with Crippen molar-refractivity contribution in [3.8, 4) is 5.75 Å². The summed E-state index contributed by atoms with van der Waals surface area (Å²) in [7, 11) is 0. The molecule has 0 aliphatic rings. The van der Waals surface area contributed by atoms with Crippen LogP contribution in [0.2, 0.25) is 0 Å². The largest absolute Gasteiger partial charge is 0.507 e. The Hall–Kier alpha value is -0.580. The summed E-state index contributed by atoms with van der Waals surface area (Å²) in [6.45, 7) is 3.57. The van der Waals surface area contributed by atoms with Gasteiger partial charge in [0.2, 0.25) is 0 Å². The molecule has 1 aromatic carbocycles. The number of hydrogen-bond donors (Lipinski definition) is 3. The number of phenols is 1.